The maximum atomic E-state index is 5.13. The molecule has 1 saturated heterocycles. The van der Waals surface area contributed by atoms with Crippen LogP contribution in [0.3, 0.4) is 0 Å². The molecule has 4 heteroatoms. The molecule has 0 bridgehead atoms. The molecule has 0 spiro atoms. The van der Waals surface area contributed by atoms with Gasteiger partial charge in [-0.25, -0.2) is 5.48 Å². The number of hydroxylamine groups is 1. The van der Waals surface area contributed by atoms with E-state index in [1.54, 1.807) is 0 Å². The Morgan fingerprint density at radius 1 is 1.38 bits per heavy atom. The summed E-state index contributed by atoms with van der Waals surface area (Å²) in [7, 11) is 0.764. The first-order chi connectivity index (χ1) is 4.00. The molecule has 1 N–H and O–H groups in total. The van der Waals surface area contributed by atoms with E-state index in [4.69, 9.17) is 9.49 Å². The van der Waals surface area contributed by atoms with Crippen LogP contribution in [0.5, 0.6) is 0 Å². The van der Waals surface area contributed by atoms with Crippen LogP contribution in [0.2, 0.25) is 6.32 Å². The minimum Gasteiger partial charge on any atom is -0.381 e. The summed E-state index contributed by atoms with van der Waals surface area (Å²) in [6.45, 7) is 2.40. The fraction of sp³-hybridized carbons (Fsp3) is 1.00. The first-order valence-corrected chi connectivity index (χ1v) is 2.92. The van der Waals surface area contributed by atoms with Crippen molar-refractivity contribution in [1.82, 2.24) is 5.48 Å². The monoisotopic (exact) mass is 115 g/mol. The van der Waals surface area contributed by atoms with E-state index in [1.165, 1.54) is 0 Å². The Bertz CT molecular complexity index is 38.0. The Kier molecular flexibility index (Phi) is 2.95. The summed E-state index contributed by atoms with van der Waals surface area (Å²) in [6, 6.07) is 0. The lowest BCUT2D eigenvalue weighted by atomic mass is 9.97. The molecule has 3 nitrogen and oxygen atoms in total. The number of nitrogens with one attached hydrogen (secondary N) is 1. The number of rotatable bonds is 0. The van der Waals surface area contributed by atoms with Gasteiger partial charge < -0.3 is 9.49 Å². The molecule has 0 radical (unpaired) electrons. The molecule has 1 aliphatic heterocycles. The van der Waals surface area contributed by atoms with Gasteiger partial charge in [-0.15, -0.1) is 0 Å². The van der Waals surface area contributed by atoms with E-state index >= 15 is 0 Å². The Hall–Kier alpha value is -0.0551. The second kappa shape index (κ2) is 3.89. The van der Waals surface area contributed by atoms with E-state index in [-0.39, 0.29) is 0 Å². The topological polar surface area (TPSA) is 30.5 Å². The largest absolute Gasteiger partial charge is 0.381 e. The maximum Gasteiger partial charge on any atom is 0.306 e. The van der Waals surface area contributed by atoms with Crippen LogP contribution in [0.1, 0.15) is 0 Å². The van der Waals surface area contributed by atoms with Gasteiger partial charge in [0.15, 0.2) is 0 Å². The first-order valence-electron chi connectivity index (χ1n) is 2.92. The van der Waals surface area contributed by atoms with Crippen LogP contribution < -0.4 is 5.48 Å². The summed E-state index contributed by atoms with van der Waals surface area (Å²) in [5, 5.41) is 0. The van der Waals surface area contributed by atoms with Gasteiger partial charge in [0.25, 0.3) is 0 Å². The molecular formula is C4H10BNO2. The van der Waals surface area contributed by atoms with Crippen LogP contribution in [0.4, 0.5) is 0 Å². The van der Waals surface area contributed by atoms with Crippen molar-refractivity contribution in [3.8, 4) is 0 Å². The van der Waals surface area contributed by atoms with Gasteiger partial charge >= 0.3 is 7.48 Å². The van der Waals surface area contributed by atoms with Crippen molar-refractivity contribution < 1.29 is 9.49 Å². The minimum absolute atomic E-state index is 0.764. The van der Waals surface area contributed by atoms with Crippen LogP contribution >= 0.6 is 0 Å². The Morgan fingerprint density at radius 2 is 2.38 bits per heavy atom. The van der Waals surface area contributed by atoms with E-state index in [9.17, 15) is 0 Å². The smallest absolute Gasteiger partial charge is 0.306 e. The molecule has 0 aromatic rings. The second-order valence-corrected chi connectivity index (χ2v) is 1.71. The van der Waals surface area contributed by atoms with Crippen LogP contribution in [-0.2, 0) is 9.49 Å². The predicted molar refractivity (Wildman–Crippen MR) is 31.9 cm³/mol. The lowest BCUT2D eigenvalue weighted by Gasteiger charge is -2.09. The van der Waals surface area contributed by atoms with Gasteiger partial charge in [0.1, 0.15) is 0 Å². The number of hydrogen-bond donors (Lipinski definition) is 1. The minimum atomic E-state index is 0.764. The molecule has 1 heterocycles. The molecule has 1 aliphatic rings. The van der Waals surface area contributed by atoms with Gasteiger partial charge in [-0.1, -0.05) is 0 Å². The summed E-state index contributed by atoms with van der Waals surface area (Å²) in [5.74, 6) is 0. The Morgan fingerprint density at radius 3 is 3.38 bits per heavy atom. The summed E-state index contributed by atoms with van der Waals surface area (Å²) in [5.41, 5.74) is 2.76. The molecule has 0 aromatic carbocycles. The molecule has 0 unspecified atom stereocenters. The van der Waals surface area contributed by atoms with Crippen LogP contribution in [0.15, 0.2) is 0 Å². The molecule has 0 aromatic heterocycles. The van der Waals surface area contributed by atoms with Crippen molar-refractivity contribution in [3.63, 3.8) is 0 Å². The van der Waals surface area contributed by atoms with Gasteiger partial charge in [0.2, 0.25) is 0 Å². The molecule has 0 aliphatic carbocycles. The van der Waals surface area contributed by atoms with Crippen LogP contribution in [0, 0.1) is 0 Å². The number of ether oxygens (including phenoxy) is 1. The van der Waals surface area contributed by atoms with E-state index in [1.807, 2.05) is 0 Å². The summed E-state index contributed by atoms with van der Waals surface area (Å²) < 4.78 is 10.1. The van der Waals surface area contributed by atoms with Crippen molar-refractivity contribution in [1.29, 1.82) is 0 Å². The van der Waals surface area contributed by atoms with Crippen molar-refractivity contribution in [2.45, 2.75) is 6.32 Å². The van der Waals surface area contributed by atoms with Gasteiger partial charge in [0, 0.05) is 13.2 Å². The molecule has 8 heavy (non-hydrogen) atoms. The summed E-state index contributed by atoms with van der Waals surface area (Å²) >= 11 is 0. The fourth-order valence-electron chi connectivity index (χ4n) is 0.593. The quantitative estimate of drug-likeness (QED) is 0.423. The van der Waals surface area contributed by atoms with Crippen molar-refractivity contribution in [2.24, 2.45) is 0 Å². The molecule has 1 rings (SSSR count). The molecule has 0 atom stereocenters. The van der Waals surface area contributed by atoms with E-state index in [2.05, 4.69) is 5.48 Å². The molecule has 46 valence electrons. The van der Waals surface area contributed by atoms with Crippen LogP contribution in [-0.4, -0.2) is 27.2 Å². The lowest BCUT2D eigenvalue weighted by Crippen LogP contribution is -2.25. The molecule has 0 saturated carbocycles. The van der Waals surface area contributed by atoms with Gasteiger partial charge in [0.05, 0.1) is 6.61 Å². The van der Waals surface area contributed by atoms with Crippen molar-refractivity contribution >= 4 is 7.48 Å². The zero-order valence-corrected chi connectivity index (χ0v) is 4.85. The van der Waals surface area contributed by atoms with Crippen LogP contribution in [0.25, 0.3) is 0 Å². The molecule has 1 fully saturated rings. The maximum absolute atomic E-state index is 5.13. The second-order valence-electron chi connectivity index (χ2n) is 1.71. The highest BCUT2D eigenvalue weighted by Crippen LogP contribution is 1.84. The Balaban J connectivity index is 2.00. The summed E-state index contributed by atoms with van der Waals surface area (Å²) in [6.07, 6.45) is 0.993. The third kappa shape index (κ3) is 2.30. The fourth-order valence-corrected chi connectivity index (χ4v) is 0.593. The highest BCUT2D eigenvalue weighted by molar-refractivity contribution is 6.26. The predicted octanol–water partition coefficient (Wildman–Crippen LogP) is -0.692. The lowest BCUT2D eigenvalue weighted by molar-refractivity contribution is 0.0941. The molecule has 0 amide bonds. The normalized spacial score (nSPS) is 23.0. The van der Waals surface area contributed by atoms with Gasteiger partial charge in [-0.2, -0.15) is 0 Å². The Labute approximate surface area is 49.6 Å². The van der Waals surface area contributed by atoms with Crippen molar-refractivity contribution in [3.05, 3.63) is 0 Å². The average Bonchev–Trinajstić information content (AvgIpc) is 1.62. The first kappa shape index (κ1) is 6.07. The van der Waals surface area contributed by atoms with Gasteiger partial charge in [-0.3, -0.25) is 0 Å². The van der Waals surface area contributed by atoms with E-state index in [0.717, 1.165) is 33.6 Å². The highest BCUT2D eigenvalue weighted by Gasteiger charge is 1.96. The third-order valence-electron chi connectivity index (χ3n) is 0.986. The number of hydrogen-bond acceptors (Lipinski definition) is 3. The SMILES string of the molecule is B1CCOCCNO1. The zero-order chi connectivity index (χ0) is 5.66. The summed E-state index contributed by atoms with van der Waals surface area (Å²) in [4.78, 5) is 0. The molecular weight excluding hydrogens is 105 g/mol. The van der Waals surface area contributed by atoms with E-state index < -0.39 is 0 Å². The zero-order valence-electron chi connectivity index (χ0n) is 4.85. The highest BCUT2D eigenvalue weighted by atomic mass is 16.6. The third-order valence-corrected chi connectivity index (χ3v) is 0.986. The standard InChI is InChI=1S/C4H10BNO2/c1-3-7-4-2-6-8-5-1/h5-6H,1-4H2. The van der Waals surface area contributed by atoms with E-state index in [0.29, 0.717) is 0 Å². The van der Waals surface area contributed by atoms with Crippen molar-refractivity contribution in [2.75, 3.05) is 19.8 Å². The van der Waals surface area contributed by atoms with Gasteiger partial charge in [-0.05, 0) is 6.32 Å². The average molecular weight is 115 g/mol.